The summed E-state index contributed by atoms with van der Waals surface area (Å²) in [5, 5.41) is 2.97. The smallest absolute Gasteiger partial charge is 0.227 e. The zero-order valence-corrected chi connectivity index (χ0v) is 9.51. The van der Waals surface area contributed by atoms with Crippen LogP contribution in [0.15, 0.2) is 18.2 Å². The molecule has 4 nitrogen and oxygen atoms in total. The lowest BCUT2D eigenvalue weighted by Crippen LogP contribution is -2.36. The Bertz CT molecular complexity index is 360. The van der Waals surface area contributed by atoms with Crippen LogP contribution >= 0.6 is 11.6 Å². The van der Waals surface area contributed by atoms with E-state index in [1.807, 2.05) is 0 Å². The van der Waals surface area contributed by atoms with E-state index in [2.05, 4.69) is 10.3 Å². The van der Waals surface area contributed by atoms with Gasteiger partial charge in [0.05, 0.1) is 0 Å². The second-order valence-electron chi connectivity index (χ2n) is 4.06. The van der Waals surface area contributed by atoms with E-state index in [1.54, 1.807) is 32.0 Å². The van der Waals surface area contributed by atoms with Gasteiger partial charge in [-0.3, -0.25) is 4.79 Å². The van der Waals surface area contributed by atoms with Crippen molar-refractivity contribution in [1.82, 2.24) is 4.98 Å². The number of nitrogens with zero attached hydrogens (tertiary/aromatic N) is 1. The first-order valence-electron chi connectivity index (χ1n) is 4.58. The van der Waals surface area contributed by atoms with Gasteiger partial charge >= 0.3 is 0 Å². The molecule has 1 aromatic heterocycles. The van der Waals surface area contributed by atoms with Crippen LogP contribution in [-0.2, 0) is 4.79 Å². The SMILES string of the molecule is CC(C)(N)CC(=O)Nc1cccc(Cl)n1. The highest BCUT2D eigenvalue weighted by molar-refractivity contribution is 6.29. The van der Waals surface area contributed by atoms with Gasteiger partial charge in [-0.25, -0.2) is 4.98 Å². The maximum atomic E-state index is 11.5. The van der Waals surface area contributed by atoms with Crippen molar-refractivity contribution in [1.29, 1.82) is 0 Å². The second kappa shape index (κ2) is 4.59. The number of rotatable bonds is 3. The van der Waals surface area contributed by atoms with Crippen LogP contribution in [0.25, 0.3) is 0 Å². The van der Waals surface area contributed by atoms with Gasteiger partial charge in [0.25, 0.3) is 0 Å². The number of hydrogen-bond acceptors (Lipinski definition) is 3. The highest BCUT2D eigenvalue weighted by Gasteiger charge is 2.16. The maximum absolute atomic E-state index is 11.5. The Kier molecular flexibility index (Phi) is 3.66. The van der Waals surface area contributed by atoms with Crippen molar-refractivity contribution in [3.63, 3.8) is 0 Å². The number of nitrogens with two attached hydrogens (primary N) is 1. The standard InChI is InChI=1S/C10H14ClN3O/c1-10(2,12)6-9(15)14-8-5-3-4-7(11)13-8/h3-5H,6,12H2,1-2H3,(H,13,14,15). The Balaban J connectivity index is 2.59. The molecule has 0 unspecified atom stereocenters. The lowest BCUT2D eigenvalue weighted by molar-refractivity contribution is -0.117. The molecule has 1 rings (SSSR count). The molecule has 0 saturated heterocycles. The van der Waals surface area contributed by atoms with E-state index in [4.69, 9.17) is 17.3 Å². The zero-order chi connectivity index (χ0) is 11.5. The average Bonchev–Trinajstić information content (AvgIpc) is 1.99. The lowest BCUT2D eigenvalue weighted by atomic mass is 10.0. The lowest BCUT2D eigenvalue weighted by Gasteiger charge is -2.17. The van der Waals surface area contributed by atoms with Crippen molar-refractivity contribution < 1.29 is 4.79 Å². The average molecular weight is 228 g/mol. The number of carbonyl (C=O) groups excluding carboxylic acids is 1. The first-order chi connectivity index (χ1) is 6.87. The molecule has 0 bridgehead atoms. The molecular formula is C10H14ClN3O. The third kappa shape index (κ3) is 4.76. The molecule has 5 heteroatoms. The summed E-state index contributed by atoms with van der Waals surface area (Å²) in [7, 11) is 0. The fourth-order valence-electron chi connectivity index (χ4n) is 1.08. The van der Waals surface area contributed by atoms with E-state index in [0.29, 0.717) is 11.0 Å². The molecule has 0 spiro atoms. The number of hydrogen-bond donors (Lipinski definition) is 2. The molecule has 0 saturated carbocycles. The van der Waals surface area contributed by atoms with Crippen molar-refractivity contribution >= 4 is 23.3 Å². The molecule has 0 atom stereocenters. The minimum absolute atomic E-state index is 0.169. The topological polar surface area (TPSA) is 68.0 Å². The highest BCUT2D eigenvalue weighted by Crippen LogP contribution is 2.11. The summed E-state index contributed by atoms with van der Waals surface area (Å²) in [6, 6.07) is 5.04. The van der Waals surface area contributed by atoms with Gasteiger partial charge in [0.1, 0.15) is 11.0 Å². The molecule has 1 aromatic rings. The minimum Gasteiger partial charge on any atom is -0.325 e. The molecule has 0 aromatic carbocycles. The predicted molar refractivity (Wildman–Crippen MR) is 60.8 cm³/mol. The minimum atomic E-state index is -0.525. The van der Waals surface area contributed by atoms with Crippen LogP contribution in [0.1, 0.15) is 20.3 Å². The number of pyridine rings is 1. The Labute approximate surface area is 93.8 Å². The maximum Gasteiger partial charge on any atom is 0.227 e. The van der Waals surface area contributed by atoms with Crippen LogP contribution in [0.2, 0.25) is 5.15 Å². The number of carbonyl (C=O) groups is 1. The van der Waals surface area contributed by atoms with Gasteiger partial charge in [0, 0.05) is 12.0 Å². The van der Waals surface area contributed by atoms with Crippen LogP contribution in [0.4, 0.5) is 5.82 Å². The Morgan fingerprint density at radius 1 is 1.60 bits per heavy atom. The van der Waals surface area contributed by atoms with Crippen LogP contribution in [0.5, 0.6) is 0 Å². The van der Waals surface area contributed by atoms with Crippen LogP contribution in [-0.4, -0.2) is 16.4 Å². The van der Waals surface area contributed by atoms with Crippen LogP contribution in [0, 0.1) is 0 Å². The van der Waals surface area contributed by atoms with Gasteiger partial charge in [0.2, 0.25) is 5.91 Å². The van der Waals surface area contributed by atoms with Gasteiger partial charge in [-0.15, -0.1) is 0 Å². The number of aromatic nitrogens is 1. The van der Waals surface area contributed by atoms with E-state index in [-0.39, 0.29) is 12.3 Å². The predicted octanol–water partition coefficient (Wildman–Crippen LogP) is 1.80. The summed E-state index contributed by atoms with van der Waals surface area (Å²) in [6.45, 7) is 3.58. The molecular weight excluding hydrogens is 214 g/mol. The molecule has 1 heterocycles. The Hall–Kier alpha value is -1.13. The normalized spacial score (nSPS) is 11.2. The van der Waals surface area contributed by atoms with E-state index in [1.165, 1.54) is 0 Å². The summed E-state index contributed by atoms with van der Waals surface area (Å²) in [6.07, 6.45) is 0.237. The van der Waals surface area contributed by atoms with Gasteiger partial charge in [-0.1, -0.05) is 17.7 Å². The van der Waals surface area contributed by atoms with Gasteiger partial charge in [-0.05, 0) is 26.0 Å². The van der Waals surface area contributed by atoms with E-state index < -0.39 is 5.54 Å². The fraction of sp³-hybridized carbons (Fsp3) is 0.400. The molecule has 82 valence electrons. The summed E-state index contributed by atoms with van der Waals surface area (Å²) in [4.78, 5) is 15.4. The summed E-state index contributed by atoms with van der Waals surface area (Å²) in [5.74, 6) is 0.272. The van der Waals surface area contributed by atoms with Gasteiger partial charge in [0.15, 0.2) is 0 Å². The largest absolute Gasteiger partial charge is 0.325 e. The fourth-order valence-corrected chi connectivity index (χ4v) is 1.24. The summed E-state index contributed by atoms with van der Waals surface area (Å²) < 4.78 is 0. The van der Waals surface area contributed by atoms with Crippen molar-refractivity contribution in [3.8, 4) is 0 Å². The quantitative estimate of drug-likeness (QED) is 0.774. The molecule has 0 aliphatic carbocycles. The van der Waals surface area contributed by atoms with Crippen LogP contribution < -0.4 is 11.1 Å². The monoisotopic (exact) mass is 227 g/mol. The van der Waals surface area contributed by atoms with E-state index in [0.717, 1.165) is 0 Å². The van der Waals surface area contributed by atoms with Crippen molar-refractivity contribution in [2.45, 2.75) is 25.8 Å². The molecule has 3 N–H and O–H groups in total. The second-order valence-corrected chi connectivity index (χ2v) is 4.45. The third-order valence-corrected chi connectivity index (χ3v) is 1.81. The Morgan fingerprint density at radius 3 is 2.80 bits per heavy atom. The third-order valence-electron chi connectivity index (χ3n) is 1.60. The molecule has 0 fully saturated rings. The molecule has 0 aliphatic rings. The van der Waals surface area contributed by atoms with Crippen LogP contribution in [0.3, 0.4) is 0 Å². The summed E-state index contributed by atoms with van der Waals surface area (Å²) >= 11 is 5.67. The van der Waals surface area contributed by atoms with Gasteiger partial charge in [-0.2, -0.15) is 0 Å². The van der Waals surface area contributed by atoms with E-state index in [9.17, 15) is 4.79 Å². The van der Waals surface area contributed by atoms with Crippen molar-refractivity contribution in [2.75, 3.05) is 5.32 Å². The number of nitrogens with one attached hydrogen (secondary N) is 1. The van der Waals surface area contributed by atoms with E-state index >= 15 is 0 Å². The number of amides is 1. The molecule has 0 radical (unpaired) electrons. The molecule has 1 amide bonds. The van der Waals surface area contributed by atoms with Gasteiger partial charge < -0.3 is 11.1 Å². The number of halogens is 1. The van der Waals surface area contributed by atoms with Crippen molar-refractivity contribution in [2.24, 2.45) is 5.73 Å². The summed E-state index contributed by atoms with van der Waals surface area (Å²) in [5.41, 5.74) is 5.19. The zero-order valence-electron chi connectivity index (χ0n) is 8.75. The number of anilines is 1. The first-order valence-corrected chi connectivity index (χ1v) is 4.96. The van der Waals surface area contributed by atoms with Crippen molar-refractivity contribution in [3.05, 3.63) is 23.4 Å². The molecule has 15 heavy (non-hydrogen) atoms. The highest BCUT2D eigenvalue weighted by atomic mass is 35.5. The first kappa shape index (κ1) is 11.9. The Morgan fingerprint density at radius 2 is 2.27 bits per heavy atom. The molecule has 0 aliphatic heterocycles.